The highest BCUT2D eigenvalue weighted by Gasteiger charge is 2.28. The number of hydrogen-bond acceptors (Lipinski definition) is 4. The predicted octanol–water partition coefficient (Wildman–Crippen LogP) is 4.04. The Morgan fingerprint density at radius 1 is 0.968 bits per heavy atom. The molecule has 0 N–H and O–H groups in total. The molecule has 2 aromatic rings. The first kappa shape index (κ1) is 21.6. The molecule has 0 aliphatic carbocycles. The minimum atomic E-state index is -0.191. The third-order valence-electron chi connectivity index (χ3n) is 6.57. The summed E-state index contributed by atoms with van der Waals surface area (Å²) in [6.07, 6.45) is 4.36. The molecule has 6 heteroatoms. The van der Waals surface area contributed by atoms with E-state index in [9.17, 15) is 9.18 Å². The second-order valence-electron chi connectivity index (χ2n) is 8.47. The SMILES string of the molecule is COc1ccc(C(=O)N2CCCCC2CCN2CCN(c3ccc(F)cc3)CC2)cc1. The first-order valence-corrected chi connectivity index (χ1v) is 11.3. The van der Waals surface area contributed by atoms with Gasteiger partial charge in [-0.2, -0.15) is 0 Å². The molecule has 2 aliphatic rings. The van der Waals surface area contributed by atoms with Crippen molar-refractivity contribution in [2.75, 3.05) is 51.3 Å². The van der Waals surface area contributed by atoms with Crippen LogP contribution in [0, 0.1) is 5.82 Å². The van der Waals surface area contributed by atoms with E-state index in [2.05, 4.69) is 14.7 Å². The second kappa shape index (κ2) is 10.1. The number of likely N-dealkylation sites (tertiary alicyclic amines) is 1. The smallest absolute Gasteiger partial charge is 0.254 e. The molecule has 5 nitrogen and oxygen atoms in total. The molecule has 2 aliphatic heterocycles. The maximum atomic E-state index is 13.2. The number of carbonyl (C=O) groups is 1. The number of benzene rings is 2. The Hall–Kier alpha value is -2.60. The first-order chi connectivity index (χ1) is 15.1. The molecule has 2 fully saturated rings. The number of methoxy groups -OCH3 is 1. The molecule has 0 aromatic heterocycles. The van der Waals surface area contributed by atoms with Gasteiger partial charge >= 0.3 is 0 Å². The Kier molecular flexibility index (Phi) is 7.07. The summed E-state index contributed by atoms with van der Waals surface area (Å²) in [6.45, 7) is 5.74. The minimum absolute atomic E-state index is 0.133. The lowest BCUT2D eigenvalue weighted by molar-refractivity contribution is 0.0582. The van der Waals surface area contributed by atoms with Crippen molar-refractivity contribution in [3.63, 3.8) is 0 Å². The second-order valence-corrected chi connectivity index (χ2v) is 8.47. The lowest BCUT2D eigenvalue weighted by atomic mass is 9.97. The van der Waals surface area contributed by atoms with E-state index in [1.54, 1.807) is 7.11 Å². The van der Waals surface area contributed by atoms with Crippen LogP contribution in [0.4, 0.5) is 10.1 Å². The van der Waals surface area contributed by atoms with Crippen molar-refractivity contribution in [3.8, 4) is 5.75 Å². The molecular weight excluding hydrogens is 393 g/mol. The first-order valence-electron chi connectivity index (χ1n) is 11.3. The third kappa shape index (κ3) is 5.37. The number of piperidine rings is 1. The maximum absolute atomic E-state index is 13.2. The molecule has 4 rings (SSSR count). The number of nitrogens with zero attached hydrogens (tertiary/aromatic N) is 3. The van der Waals surface area contributed by atoms with E-state index in [1.807, 2.05) is 36.4 Å². The zero-order chi connectivity index (χ0) is 21.6. The van der Waals surface area contributed by atoms with Gasteiger partial charge in [0, 0.05) is 56.6 Å². The van der Waals surface area contributed by atoms with Gasteiger partial charge in [0.15, 0.2) is 0 Å². The normalized spacial score (nSPS) is 20.0. The van der Waals surface area contributed by atoms with Crippen LogP contribution in [-0.4, -0.2) is 68.1 Å². The summed E-state index contributed by atoms with van der Waals surface area (Å²) in [5, 5.41) is 0. The Bertz CT molecular complexity index is 848. The van der Waals surface area contributed by atoms with Crippen LogP contribution in [0.15, 0.2) is 48.5 Å². The highest BCUT2D eigenvalue weighted by Crippen LogP contribution is 2.24. The molecule has 0 radical (unpaired) electrons. The predicted molar refractivity (Wildman–Crippen MR) is 121 cm³/mol. The summed E-state index contributed by atoms with van der Waals surface area (Å²) in [6, 6.07) is 14.5. The summed E-state index contributed by atoms with van der Waals surface area (Å²) in [5.74, 6) is 0.712. The Morgan fingerprint density at radius 2 is 1.68 bits per heavy atom. The number of amides is 1. The Balaban J connectivity index is 1.29. The zero-order valence-corrected chi connectivity index (χ0v) is 18.3. The van der Waals surface area contributed by atoms with Crippen molar-refractivity contribution in [1.82, 2.24) is 9.80 Å². The van der Waals surface area contributed by atoms with E-state index in [4.69, 9.17) is 4.74 Å². The number of ether oxygens (including phenoxy) is 1. The van der Waals surface area contributed by atoms with Crippen molar-refractivity contribution in [2.24, 2.45) is 0 Å². The van der Waals surface area contributed by atoms with Crippen LogP contribution < -0.4 is 9.64 Å². The highest BCUT2D eigenvalue weighted by atomic mass is 19.1. The minimum Gasteiger partial charge on any atom is -0.497 e. The van der Waals surface area contributed by atoms with Gasteiger partial charge in [-0.05, 0) is 74.2 Å². The maximum Gasteiger partial charge on any atom is 0.254 e. The number of anilines is 1. The van der Waals surface area contributed by atoms with Gasteiger partial charge in [0.1, 0.15) is 11.6 Å². The van der Waals surface area contributed by atoms with Crippen molar-refractivity contribution >= 4 is 11.6 Å². The zero-order valence-electron chi connectivity index (χ0n) is 18.3. The largest absolute Gasteiger partial charge is 0.497 e. The summed E-state index contributed by atoms with van der Waals surface area (Å²) in [4.78, 5) is 20.0. The molecule has 0 bridgehead atoms. The van der Waals surface area contributed by atoms with Crippen LogP contribution in [0.3, 0.4) is 0 Å². The van der Waals surface area contributed by atoms with Gasteiger partial charge in [0.05, 0.1) is 7.11 Å². The van der Waals surface area contributed by atoms with E-state index in [0.29, 0.717) is 6.04 Å². The molecule has 0 spiro atoms. The van der Waals surface area contributed by atoms with Crippen LogP contribution in [-0.2, 0) is 0 Å². The highest BCUT2D eigenvalue weighted by molar-refractivity contribution is 5.94. The van der Waals surface area contributed by atoms with Gasteiger partial charge in [-0.1, -0.05) is 0 Å². The summed E-state index contributed by atoms with van der Waals surface area (Å²) in [7, 11) is 1.64. The van der Waals surface area contributed by atoms with Crippen molar-refractivity contribution in [2.45, 2.75) is 31.7 Å². The van der Waals surface area contributed by atoms with Crippen LogP contribution in [0.1, 0.15) is 36.0 Å². The molecule has 2 aromatic carbocycles. The summed E-state index contributed by atoms with van der Waals surface area (Å²) >= 11 is 0. The molecule has 1 amide bonds. The fraction of sp³-hybridized carbons (Fsp3) is 0.480. The van der Waals surface area contributed by atoms with Crippen LogP contribution in [0.5, 0.6) is 5.75 Å². The van der Waals surface area contributed by atoms with E-state index >= 15 is 0 Å². The molecule has 0 saturated carbocycles. The topological polar surface area (TPSA) is 36.0 Å². The van der Waals surface area contributed by atoms with E-state index in [-0.39, 0.29) is 11.7 Å². The number of hydrogen-bond donors (Lipinski definition) is 0. The molecule has 1 unspecified atom stereocenters. The molecule has 31 heavy (non-hydrogen) atoms. The molecule has 1 atom stereocenters. The van der Waals surface area contributed by atoms with Gasteiger partial charge < -0.3 is 14.5 Å². The fourth-order valence-corrected chi connectivity index (χ4v) is 4.68. The Labute approximate surface area is 184 Å². The number of carbonyl (C=O) groups excluding carboxylic acids is 1. The van der Waals surface area contributed by atoms with E-state index < -0.39 is 0 Å². The van der Waals surface area contributed by atoms with Crippen molar-refractivity contribution < 1.29 is 13.9 Å². The van der Waals surface area contributed by atoms with Crippen molar-refractivity contribution in [1.29, 1.82) is 0 Å². The van der Waals surface area contributed by atoms with Gasteiger partial charge in [-0.25, -0.2) is 4.39 Å². The number of rotatable bonds is 6. The van der Waals surface area contributed by atoms with E-state index in [0.717, 1.165) is 75.5 Å². The third-order valence-corrected chi connectivity index (χ3v) is 6.57. The Morgan fingerprint density at radius 3 is 2.35 bits per heavy atom. The van der Waals surface area contributed by atoms with Crippen molar-refractivity contribution in [3.05, 3.63) is 59.9 Å². The lowest BCUT2D eigenvalue weighted by Crippen LogP contribution is -2.49. The van der Waals surface area contributed by atoms with Crippen LogP contribution in [0.2, 0.25) is 0 Å². The fourth-order valence-electron chi connectivity index (χ4n) is 4.68. The number of piperazine rings is 1. The van der Waals surface area contributed by atoms with Gasteiger partial charge in [0.25, 0.3) is 5.91 Å². The summed E-state index contributed by atoms with van der Waals surface area (Å²) < 4.78 is 18.4. The lowest BCUT2D eigenvalue weighted by Gasteiger charge is -2.39. The molecule has 166 valence electrons. The number of halogens is 1. The molecule has 2 heterocycles. The van der Waals surface area contributed by atoms with Crippen LogP contribution >= 0.6 is 0 Å². The molecular formula is C25H32FN3O2. The molecule has 2 saturated heterocycles. The standard InChI is InChI=1S/C25H32FN3O2/c1-31-24-11-5-20(6-12-24)25(30)29-14-3-2-4-23(29)13-15-27-16-18-28(19-17-27)22-9-7-21(26)8-10-22/h5-12,23H,2-4,13-19H2,1H3. The quantitative estimate of drug-likeness (QED) is 0.700. The van der Waals surface area contributed by atoms with Gasteiger partial charge in [-0.3, -0.25) is 9.69 Å². The average Bonchev–Trinajstić information content (AvgIpc) is 2.83. The van der Waals surface area contributed by atoms with E-state index in [1.165, 1.54) is 18.6 Å². The van der Waals surface area contributed by atoms with Gasteiger partial charge in [-0.15, -0.1) is 0 Å². The monoisotopic (exact) mass is 425 g/mol. The van der Waals surface area contributed by atoms with Crippen LogP contribution in [0.25, 0.3) is 0 Å². The average molecular weight is 426 g/mol. The summed E-state index contributed by atoms with van der Waals surface area (Å²) in [5.41, 5.74) is 1.82. The van der Waals surface area contributed by atoms with Gasteiger partial charge in [0.2, 0.25) is 0 Å².